The summed E-state index contributed by atoms with van der Waals surface area (Å²) in [5.41, 5.74) is 2.85. The molecular weight excluding hydrogens is 286 g/mol. The minimum atomic E-state index is 0.439. The molecular formula is C18H25N5. The highest BCUT2D eigenvalue weighted by atomic mass is 15.2. The molecule has 122 valence electrons. The van der Waals surface area contributed by atoms with Gasteiger partial charge in [0, 0.05) is 31.7 Å². The van der Waals surface area contributed by atoms with E-state index in [0.29, 0.717) is 6.04 Å². The van der Waals surface area contributed by atoms with Crippen molar-refractivity contribution in [1.82, 2.24) is 14.9 Å². The highest BCUT2D eigenvalue weighted by Crippen LogP contribution is 2.27. The lowest BCUT2D eigenvalue weighted by Crippen LogP contribution is -2.39. The van der Waals surface area contributed by atoms with Crippen molar-refractivity contribution < 1.29 is 0 Å². The fourth-order valence-electron chi connectivity index (χ4n) is 2.99. The molecule has 0 bridgehead atoms. The summed E-state index contributed by atoms with van der Waals surface area (Å²) < 4.78 is 0. The van der Waals surface area contributed by atoms with E-state index in [1.54, 1.807) is 6.33 Å². The second kappa shape index (κ2) is 6.96. The normalized spacial score (nSPS) is 17.2. The van der Waals surface area contributed by atoms with Gasteiger partial charge in [0.05, 0.1) is 0 Å². The summed E-state index contributed by atoms with van der Waals surface area (Å²) in [6.45, 7) is 5.03. The van der Waals surface area contributed by atoms with E-state index >= 15 is 0 Å². The zero-order valence-electron chi connectivity index (χ0n) is 14.2. The third kappa shape index (κ3) is 3.79. The molecule has 5 heteroatoms. The number of fused-ring (bicyclic) bond motifs is 1. The van der Waals surface area contributed by atoms with Gasteiger partial charge in [-0.2, -0.15) is 0 Å². The molecule has 2 aromatic rings. The number of rotatable bonds is 5. The van der Waals surface area contributed by atoms with Crippen LogP contribution in [0.2, 0.25) is 0 Å². The SMILES string of the molecule is C[C@@H]1Cc2ccccc2CN1c1cc(NCCN(C)C)ncn1. The summed E-state index contributed by atoms with van der Waals surface area (Å²) in [6, 6.07) is 11.2. The van der Waals surface area contributed by atoms with Crippen LogP contribution in [0.25, 0.3) is 0 Å². The van der Waals surface area contributed by atoms with E-state index in [9.17, 15) is 0 Å². The van der Waals surface area contributed by atoms with Crippen molar-refractivity contribution in [2.24, 2.45) is 0 Å². The molecule has 0 amide bonds. The van der Waals surface area contributed by atoms with Gasteiger partial charge < -0.3 is 15.1 Å². The van der Waals surface area contributed by atoms with Crippen LogP contribution in [-0.2, 0) is 13.0 Å². The van der Waals surface area contributed by atoms with Crippen LogP contribution in [0.3, 0.4) is 0 Å². The molecule has 3 rings (SSSR count). The number of likely N-dealkylation sites (N-methyl/N-ethyl adjacent to an activating group) is 1. The van der Waals surface area contributed by atoms with Gasteiger partial charge in [0.2, 0.25) is 0 Å². The highest BCUT2D eigenvalue weighted by molar-refractivity contribution is 5.51. The van der Waals surface area contributed by atoms with Gasteiger partial charge in [0.25, 0.3) is 0 Å². The van der Waals surface area contributed by atoms with Crippen LogP contribution >= 0.6 is 0 Å². The Balaban J connectivity index is 1.74. The number of nitrogens with one attached hydrogen (secondary N) is 1. The maximum absolute atomic E-state index is 4.49. The lowest BCUT2D eigenvalue weighted by Gasteiger charge is -2.35. The Hall–Kier alpha value is -2.14. The first-order chi connectivity index (χ1) is 11.1. The first-order valence-corrected chi connectivity index (χ1v) is 8.17. The van der Waals surface area contributed by atoms with E-state index in [-0.39, 0.29) is 0 Å². The van der Waals surface area contributed by atoms with Gasteiger partial charge in [0.15, 0.2) is 0 Å². The molecule has 1 atom stereocenters. The van der Waals surface area contributed by atoms with Crippen molar-refractivity contribution >= 4 is 11.6 Å². The van der Waals surface area contributed by atoms with Gasteiger partial charge >= 0.3 is 0 Å². The standard InChI is InChI=1S/C18H25N5/c1-14-10-15-6-4-5-7-16(15)12-23(14)18-11-17(20-13-21-18)19-8-9-22(2)3/h4-7,11,13-14H,8-10,12H2,1-3H3,(H,19,20,21)/t14-/m1/s1. The van der Waals surface area contributed by atoms with Crippen LogP contribution in [0.4, 0.5) is 11.6 Å². The molecule has 23 heavy (non-hydrogen) atoms. The third-order valence-electron chi connectivity index (χ3n) is 4.32. The van der Waals surface area contributed by atoms with Gasteiger partial charge in [-0.1, -0.05) is 24.3 Å². The first kappa shape index (κ1) is 15.7. The predicted octanol–water partition coefficient (Wildman–Crippen LogP) is 2.40. The molecule has 0 radical (unpaired) electrons. The van der Waals surface area contributed by atoms with Crippen LogP contribution in [0.1, 0.15) is 18.1 Å². The predicted molar refractivity (Wildman–Crippen MR) is 94.9 cm³/mol. The molecule has 0 saturated carbocycles. The molecule has 0 unspecified atom stereocenters. The minimum absolute atomic E-state index is 0.439. The molecule has 2 heterocycles. The average molecular weight is 311 g/mol. The molecule has 5 nitrogen and oxygen atoms in total. The summed E-state index contributed by atoms with van der Waals surface area (Å²) in [4.78, 5) is 13.3. The Labute approximate surface area is 138 Å². The van der Waals surface area contributed by atoms with Crippen molar-refractivity contribution in [2.75, 3.05) is 37.4 Å². The smallest absolute Gasteiger partial charge is 0.134 e. The highest BCUT2D eigenvalue weighted by Gasteiger charge is 2.23. The zero-order chi connectivity index (χ0) is 16.2. The summed E-state index contributed by atoms with van der Waals surface area (Å²) in [6.07, 6.45) is 2.71. The number of benzene rings is 1. The monoisotopic (exact) mass is 311 g/mol. The van der Waals surface area contributed by atoms with Crippen molar-refractivity contribution in [3.63, 3.8) is 0 Å². The number of hydrogen-bond donors (Lipinski definition) is 1. The van der Waals surface area contributed by atoms with Crippen molar-refractivity contribution in [3.05, 3.63) is 47.8 Å². The lowest BCUT2D eigenvalue weighted by atomic mass is 9.95. The van der Waals surface area contributed by atoms with E-state index in [1.807, 2.05) is 0 Å². The number of aromatic nitrogens is 2. The molecule has 1 aliphatic rings. The first-order valence-electron chi connectivity index (χ1n) is 8.17. The Bertz CT molecular complexity index is 655. The van der Waals surface area contributed by atoms with E-state index in [4.69, 9.17) is 0 Å². The Morgan fingerprint density at radius 2 is 2.00 bits per heavy atom. The fraction of sp³-hybridized carbons (Fsp3) is 0.444. The van der Waals surface area contributed by atoms with Gasteiger partial charge in [-0.25, -0.2) is 9.97 Å². The summed E-state index contributed by atoms with van der Waals surface area (Å²) >= 11 is 0. The van der Waals surface area contributed by atoms with Crippen LogP contribution in [-0.4, -0.2) is 48.1 Å². The van der Waals surface area contributed by atoms with Crippen molar-refractivity contribution in [2.45, 2.75) is 25.9 Å². The van der Waals surface area contributed by atoms with E-state index in [0.717, 1.165) is 37.7 Å². The van der Waals surface area contributed by atoms with Crippen LogP contribution in [0.15, 0.2) is 36.7 Å². The quantitative estimate of drug-likeness (QED) is 0.918. The second-order valence-corrected chi connectivity index (χ2v) is 6.44. The van der Waals surface area contributed by atoms with Crippen molar-refractivity contribution in [3.8, 4) is 0 Å². The number of hydrogen-bond acceptors (Lipinski definition) is 5. The average Bonchev–Trinajstić information content (AvgIpc) is 2.54. The molecule has 0 aliphatic carbocycles. The van der Waals surface area contributed by atoms with Gasteiger partial charge in [0.1, 0.15) is 18.0 Å². The topological polar surface area (TPSA) is 44.3 Å². The van der Waals surface area contributed by atoms with Gasteiger partial charge in [-0.15, -0.1) is 0 Å². The van der Waals surface area contributed by atoms with Gasteiger partial charge in [-0.3, -0.25) is 0 Å². The largest absolute Gasteiger partial charge is 0.369 e. The molecule has 1 aromatic heterocycles. The summed E-state index contributed by atoms with van der Waals surface area (Å²) in [5.74, 6) is 1.89. The molecule has 1 N–H and O–H groups in total. The molecule has 0 spiro atoms. The fourth-order valence-corrected chi connectivity index (χ4v) is 2.99. The lowest BCUT2D eigenvalue weighted by molar-refractivity contribution is 0.425. The third-order valence-corrected chi connectivity index (χ3v) is 4.32. The van der Waals surface area contributed by atoms with Crippen LogP contribution < -0.4 is 10.2 Å². The maximum atomic E-state index is 4.49. The van der Waals surface area contributed by atoms with Crippen LogP contribution in [0.5, 0.6) is 0 Å². The molecule has 1 aromatic carbocycles. The zero-order valence-corrected chi connectivity index (χ0v) is 14.2. The summed E-state index contributed by atoms with van der Waals surface area (Å²) in [7, 11) is 4.14. The van der Waals surface area contributed by atoms with Gasteiger partial charge in [-0.05, 0) is 38.6 Å². The minimum Gasteiger partial charge on any atom is -0.369 e. The van der Waals surface area contributed by atoms with E-state index < -0.39 is 0 Å². The Kier molecular flexibility index (Phi) is 4.76. The second-order valence-electron chi connectivity index (χ2n) is 6.44. The number of nitrogens with zero attached hydrogens (tertiary/aromatic N) is 4. The van der Waals surface area contributed by atoms with Crippen LogP contribution in [0, 0.1) is 0 Å². The van der Waals surface area contributed by atoms with E-state index in [2.05, 4.69) is 76.4 Å². The molecule has 0 saturated heterocycles. The Morgan fingerprint density at radius 3 is 2.78 bits per heavy atom. The van der Waals surface area contributed by atoms with E-state index in [1.165, 1.54) is 11.1 Å². The maximum Gasteiger partial charge on any atom is 0.134 e. The molecule has 1 aliphatic heterocycles. The molecule has 0 fully saturated rings. The summed E-state index contributed by atoms with van der Waals surface area (Å²) in [5, 5.41) is 3.37. The Morgan fingerprint density at radius 1 is 1.22 bits per heavy atom. The number of anilines is 2. The van der Waals surface area contributed by atoms with Crippen molar-refractivity contribution in [1.29, 1.82) is 0 Å².